The van der Waals surface area contributed by atoms with Crippen LogP contribution in [-0.2, 0) is 13.4 Å². The molecule has 0 saturated carbocycles. The summed E-state index contributed by atoms with van der Waals surface area (Å²) in [6.07, 6.45) is 0. The molecule has 0 aromatic rings. The van der Waals surface area contributed by atoms with E-state index in [4.69, 9.17) is 0 Å². The van der Waals surface area contributed by atoms with Crippen molar-refractivity contribution in [2.24, 2.45) is 0 Å². The van der Waals surface area contributed by atoms with Crippen LogP contribution in [0.3, 0.4) is 0 Å². The molecule has 0 amide bonds. The maximum Gasteiger partial charge on any atom is 1.00 e. The van der Waals surface area contributed by atoms with Crippen LogP contribution >= 0.6 is 15.6 Å². The quantitative estimate of drug-likeness (QED) is 0.335. The van der Waals surface area contributed by atoms with Gasteiger partial charge in [-0.3, -0.25) is 0 Å². The molecule has 0 unspecified atom stereocenters. The van der Waals surface area contributed by atoms with Gasteiger partial charge in [-0.1, -0.05) is 0 Å². The zero-order valence-corrected chi connectivity index (χ0v) is 10.3. The van der Waals surface area contributed by atoms with Crippen LogP contribution in [-0.4, -0.2) is 17.4 Å². The van der Waals surface area contributed by atoms with Crippen LogP contribution in [0.25, 0.3) is 0 Å². The second-order valence-electron chi connectivity index (χ2n) is 0.976. The molecule has 0 fully saturated rings. The summed E-state index contributed by atoms with van der Waals surface area (Å²) in [6, 6.07) is 0. The second kappa shape index (κ2) is 6.28. The molecule has 0 aromatic carbocycles. The fraction of sp³-hybridized carbons (Fsp3) is 0. The van der Waals surface area contributed by atoms with E-state index in [1.165, 1.54) is 0 Å². The van der Waals surface area contributed by atoms with Crippen LogP contribution in [0.2, 0.25) is 0 Å². The molecule has 0 spiro atoms. The van der Waals surface area contributed by atoms with E-state index < -0.39 is 15.6 Å². The third kappa shape index (κ3) is 18.6. The van der Waals surface area contributed by atoms with Crippen molar-refractivity contribution >= 4 is 33.0 Å². The molecule has 0 aromatic heterocycles. The van der Waals surface area contributed by atoms with E-state index in [2.05, 4.69) is 4.31 Å². The van der Waals surface area contributed by atoms with Crippen molar-refractivity contribution < 1.29 is 62.6 Å². The number of hydrogen-bond acceptors (Lipinski definition) is 7. The molecule has 0 atom stereocenters. The monoisotopic (exact) mass is 224 g/mol. The molecule has 0 aliphatic heterocycles. The van der Waals surface area contributed by atoms with Gasteiger partial charge in [0.2, 0.25) is 0 Å². The van der Waals surface area contributed by atoms with Crippen molar-refractivity contribution in [2.45, 2.75) is 0 Å². The molecule has 0 aliphatic carbocycles. The predicted octanol–water partition coefficient (Wildman–Crippen LogP) is -6.72. The maximum atomic E-state index is 9.32. The zero-order valence-electron chi connectivity index (χ0n) is 5.33. The Labute approximate surface area is 95.1 Å². The first-order chi connectivity index (χ1) is 3.71. The Hall–Kier alpha value is 1.79. The molecule has 0 heterocycles. The second-order valence-corrected chi connectivity index (χ2v) is 3.42. The van der Waals surface area contributed by atoms with E-state index in [0.29, 0.717) is 0 Å². The van der Waals surface area contributed by atoms with Gasteiger partial charge < -0.3 is 33.0 Å². The molecular weight excluding hydrogens is 224 g/mol. The minimum atomic E-state index is -5.68. The van der Waals surface area contributed by atoms with Gasteiger partial charge >= 0.3 is 29.6 Å². The first kappa shape index (κ1) is 18.6. The van der Waals surface area contributed by atoms with Crippen LogP contribution in [0, 0.1) is 0 Å². The third-order valence-corrected chi connectivity index (χ3v) is 1.80. The van der Waals surface area contributed by atoms with E-state index >= 15 is 0 Å². The topological polar surface area (TPSA) is 136 Å². The fourth-order valence-corrected chi connectivity index (χ4v) is 1.10. The summed E-state index contributed by atoms with van der Waals surface area (Å²) in [5, 5.41) is 0. The number of hydrogen-bond donors (Lipinski definition) is 0. The fourth-order valence-electron chi connectivity index (χ4n) is 0.122. The first-order valence-corrected chi connectivity index (χ1v) is 4.38. The van der Waals surface area contributed by atoms with Gasteiger partial charge in [-0.2, -0.15) is 0 Å². The summed E-state index contributed by atoms with van der Waals surface area (Å²) in [6.45, 7) is 0. The van der Waals surface area contributed by atoms with E-state index in [1.807, 2.05) is 0 Å². The molecule has 7 nitrogen and oxygen atoms in total. The van der Waals surface area contributed by atoms with Crippen molar-refractivity contribution in [3.8, 4) is 0 Å². The summed E-state index contributed by atoms with van der Waals surface area (Å²) >= 11 is 0. The van der Waals surface area contributed by atoms with Gasteiger partial charge in [0.25, 0.3) is 0 Å². The number of rotatable bonds is 2. The molecule has 3 radical (unpaired) electrons. The molecule has 0 rings (SSSR count). The molecule has 0 saturated heterocycles. The summed E-state index contributed by atoms with van der Waals surface area (Å²) in [7, 11) is -11.4. The summed E-state index contributed by atoms with van der Waals surface area (Å²) in [4.78, 5) is 37.3. The Morgan fingerprint density at radius 1 is 0.909 bits per heavy atom. The summed E-state index contributed by atoms with van der Waals surface area (Å²) < 4.78 is 21.2. The van der Waals surface area contributed by atoms with Crippen molar-refractivity contribution in [3.05, 3.63) is 0 Å². The Kier molecular flexibility index (Phi) is 10.6. The zero-order chi connectivity index (χ0) is 7.71. The molecule has 11 heavy (non-hydrogen) atoms. The summed E-state index contributed by atoms with van der Waals surface area (Å²) in [5.41, 5.74) is 0. The van der Waals surface area contributed by atoms with Crippen molar-refractivity contribution in [1.82, 2.24) is 0 Å². The van der Waals surface area contributed by atoms with Gasteiger partial charge in [0.05, 0.1) is 15.6 Å². The normalized spacial score (nSPS) is 11.3. The molecular formula is AlNaO7P2-3. The number of phosphoric acid groups is 2. The standard InChI is InChI=1S/Al.Na.H4O7P2/c;;1-8(2,3)7-9(4,5)6/h;;(H2,1,2,3)(H2,4,5,6)/q;+1;/p-4. The SMILES string of the molecule is O=P([O-])([O-])OP(=O)([O-])[O-].[Al].[Na+]. The molecule has 11 heteroatoms. The minimum absolute atomic E-state index is 0. The average molecular weight is 224 g/mol. The Balaban J connectivity index is -0.000000320. The van der Waals surface area contributed by atoms with Crippen LogP contribution in [0.5, 0.6) is 0 Å². The van der Waals surface area contributed by atoms with Crippen molar-refractivity contribution in [2.75, 3.05) is 0 Å². The summed E-state index contributed by atoms with van der Waals surface area (Å²) in [5.74, 6) is 0. The van der Waals surface area contributed by atoms with E-state index in [-0.39, 0.29) is 46.9 Å². The first-order valence-electron chi connectivity index (χ1n) is 1.46. The third-order valence-electron chi connectivity index (χ3n) is 0.200. The Morgan fingerprint density at radius 3 is 1.09 bits per heavy atom. The van der Waals surface area contributed by atoms with Gasteiger partial charge in [0.15, 0.2) is 0 Å². The van der Waals surface area contributed by atoms with Gasteiger partial charge in [-0.25, -0.2) is 0 Å². The molecule has 59 valence electrons. The Bertz CT molecular complexity index is 157. The van der Waals surface area contributed by atoms with Gasteiger partial charge in [0, 0.05) is 17.4 Å². The average Bonchev–Trinajstić information content (AvgIpc) is 1.14. The molecule has 0 aliphatic rings. The van der Waals surface area contributed by atoms with E-state index in [0.717, 1.165) is 0 Å². The van der Waals surface area contributed by atoms with Gasteiger partial charge in [-0.15, -0.1) is 0 Å². The van der Waals surface area contributed by atoms with E-state index in [9.17, 15) is 28.7 Å². The van der Waals surface area contributed by atoms with Crippen molar-refractivity contribution in [1.29, 1.82) is 0 Å². The molecule has 0 bridgehead atoms. The van der Waals surface area contributed by atoms with Gasteiger partial charge in [-0.05, 0) is 0 Å². The van der Waals surface area contributed by atoms with Crippen LogP contribution in [0.15, 0.2) is 0 Å². The smallest absolute Gasteiger partial charge is 0.790 e. The predicted molar refractivity (Wildman–Crippen MR) is 22.1 cm³/mol. The van der Waals surface area contributed by atoms with Crippen LogP contribution in [0.4, 0.5) is 0 Å². The largest absolute Gasteiger partial charge is 1.00 e. The maximum absolute atomic E-state index is 9.32. The Morgan fingerprint density at radius 2 is 1.09 bits per heavy atom. The van der Waals surface area contributed by atoms with E-state index in [1.54, 1.807) is 0 Å². The van der Waals surface area contributed by atoms with Crippen LogP contribution < -0.4 is 49.1 Å². The minimum Gasteiger partial charge on any atom is -0.790 e. The van der Waals surface area contributed by atoms with Crippen LogP contribution in [0.1, 0.15) is 0 Å². The van der Waals surface area contributed by atoms with Crippen molar-refractivity contribution in [3.63, 3.8) is 0 Å². The van der Waals surface area contributed by atoms with Gasteiger partial charge in [0.1, 0.15) is 0 Å². The molecule has 0 N–H and O–H groups in total.